The highest BCUT2D eigenvalue weighted by Gasteiger charge is 2.16. The minimum absolute atomic E-state index is 0.867. The summed E-state index contributed by atoms with van der Waals surface area (Å²) < 4.78 is 3.23. The van der Waals surface area contributed by atoms with Gasteiger partial charge in [0.2, 0.25) is 0 Å². The van der Waals surface area contributed by atoms with E-state index in [4.69, 9.17) is 0 Å². The van der Waals surface area contributed by atoms with E-state index in [1.165, 1.54) is 16.3 Å². The Morgan fingerprint density at radius 3 is 2.52 bits per heavy atom. The number of rotatable bonds is 1. The lowest BCUT2D eigenvalue weighted by molar-refractivity contribution is 1.12. The van der Waals surface area contributed by atoms with Crippen LogP contribution in [0.15, 0.2) is 71.2 Å². The molecular weight excluding hydrogens is 374 g/mol. The van der Waals surface area contributed by atoms with Gasteiger partial charge in [-0.05, 0) is 36.1 Å². The number of aryl methyl sites for hydroxylation is 1. The standard InChI is InChI=1S/C21H14BrN3/c1-13-6-5-9-16-19(13)17-12-15(22)10-11-18(17)25-20(23-24-21(16)25)14-7-3-2-4-8-14/h2-12H,1H3. The molecular formula is C21H14BrN3. The van der Waals surface area contributed by atoms with Crippen molar-refractivity contribution in [3.8, 4) is 11.4 Å². The normalized spacial score (nSPS) is 11.6. The third-order valence-corrected chi connectivity index (χ3v) is 5.17. The van der Waals surface area contributed by atoms with E-state index in [2.05, 4.69) is 86.0 Å². The number of fused-ring (bicyclic) bond motifs is 6. The maximum absolute atomic E-state index is 4.54. The van der Waals surface area contributed by atoms with Crippen molar-refractivity contribution in [2.45, 2.75) is 6.92 Å². The highest BCUT2D eigenvalue weighted by molar-refractivity contribution is 9.10. The highest BCUT2D eigenvalue weighted by Crippen LogP contribution is 2.34. The minimum atomic E-state index is 0.867. The van der Waals surface area contributed by atoms with E-state index in [0.29, 0.717) is 0 Å². The third kappa shape index (κ3) is 2.11. The monoisotopic (exact) mass is 387 g/mol. The quantitative estimate of drug-likeness (QED) is 0.341. The summed E-state index contributed by atoms with van der Waals surface area (Å²) in [7, 11) is 0. The molecule has 25 heavy (non-hydrogen) atoms. The largest absolute Gasteiger partial charge is 0.274 e. The topological polar surface area (TPSA) is 30.2 Å². The maximum atomic E-state index is 4.54. The van der Waals surface area contributed by atoms with Crippen LogP contribution in [0.2, 0.25) is 0 Å². The van der Waals surface area contributed by atoms with Crippen LogP contribution in [0, 0.1) is 6.92 Å². The first-order valence-corrected chi connectivity index (χ1v) is 8.94. The Hall–Kier alpha value is -2.72. The fourth-order valence-electron chi connectivity index (χ4n) is 3.58. The van der Waals surface area contributed by atoms with E-state index in [0.717, 1.165) is 32.4 Å². The summed E-state index contributed by atoms with van der Waals surface area (Å²) in [6.45, 7) is 2.15. The lowest BCUT2D eigenvalue weighted by Gasteiger charge is -2.11. The Labute approximate surface area is 153 Å². The molecule has 0 aliphatic heterocycles. The van der Waals surface area contributed by atoms with E-state index in [9.17, 15) is 0 Å². The molecule has 5 aromatic rings. The van der Waals surface area contributed by atoms with Crippen molar-refractivity contribution >= 4 is 43.3 Å². The average Bonchev–Trinajstić information content (AvgIpc) is 3.08. The number of pyridine rings is 1. The second-order valence-electron chi connectivity index (χ2n) is 6.21. The van der Waals surface area contributed by atoms with Crippen LogP contribution in [0.1, 0.15) is 5.56 Å². The summed E-state index contributed by atoms with van der Waals surface area (Å²) in [6.07, 6.45) is 0. The number of hydrogen-bond donors (Lipinski definition) is 0. The van der Waals surface area contributed by atoms with Gasteiger partial charge >= 0.3 is 0 Å². The van der Waals surface area contributed by atoms with Crippen LogP contribution in [0.5, 0.6) is 0 Å². The van der Waals surface area contributed by atoms with Crippen molar-refractivity contribution < 1.29 is 0 Å². The van der Waals surface area contributed by atoms with Crippen LogP contribution in [-0.4, -0.2) is 14.6 Å². The fraction of sp³-hybridized carbons (Fsp3) is 0.0476. The molecule has 4 heteroatoms. The SMILES string of the molecule is Cc1cccc2c1c1cc(Br)ccc1n1c(-c3ccccc3)nnc21. The van der Waals surface area contributed by atoms with Crippen molar-refractivity contribution in [3.63, 3.8) is 0 Å². The predicted octanol–water partition coefficient (Wildman–Crippen LogP) is 5.77. The molecule has 0 aliphatic rings. The predicted molar refractivity (Wildman–Crippen MR) is 106 cm³/mol. The van der Waals surface area contributed by atoms with Crippen molar-refractivity contribution in [1.82, 2.24) is 14.6 Å². The van der Waals surface area contributed by atoms with E-state index in [1.807, 2.05) is 18.2 Å². The zero-order valence-corrected chi connectivity index (χ0v) is 15.2. The van der Waals surface area contributed by atoms with E-state index in [1.54, 1.807) is 0 Å². The van der Waals surface area contributed by atoms with Gasteiger partial charge in [-0.1, -0.05) is 64.5 Å². The van der Waals surface area contributed by atoms with Crippen LogP contribution in [0.25, 0.3) is 38.7 Å². The van der Waals surface area contributed by atoms with Crippen LogP contribution in [0.3, 0.4) is 0 Å². The molecule has 0 spiro atoms. The van der Waals surface area contributed by atoms with Crippen LogP contribution in [0.4, 0.5) is 0 Å². The van der Waals surface area contributed by atoms with Gasteiger partial charge in [0.1, 0.15) is 0 Å². The second-order valence-corrected chi connectivity index (χ2v) is 7.12. The van der Waals surface area contributed by atoms with Gasteiger partial charge in [0, 0.05) is 20.8 Å². The molecule has 0 radical (unpaired) electrons. The van der Waals surface area contributed by atoms with Gasteiger partial charge in [0.25, 0.3) is 0 Å². The van der Waals surface area contributed by atoms with Gasteiger partial charge in [0.15, 0.2) is 11.5 Å². The number of halogens is 1. The number of aromatic nitrogens is 3. The van der Waals surface area contributed by atoms with Gasteiger partial charge in [-0.15, -0.1) is 10.2 Å². The fourth-order valence-corrected chi connectivity index (χ4v) is 3.94. The van der Waals surface area contributed by atoms with Crippen LogP contribution >= 0.6 is 15.9 Å². The lowest BCUT2D eigenvalue weighted by Crippen LogP contribution is -1.95. The Morgan fingerprint density at radius 2 is 1.68 bits per heavy atom. The van der Waals surface area contributed by atoms with Crippen molar-refractivity contribution in [3.05, 3.63) is 76.8 Å². The number of benzene rings is 3. The molecule has 0 atom stereocenters. The van der Waals surface area contributed by atoms with E-state index >= 15 is 0 Å². The van der Waals surface area contributed by atoms with Gasteiger partial charge < -0.3 is 0 Å². The molecule has 2 heterocycles. The van der Waals surface area contributed by atoms with Crippen molar-refractivity contribution in [2.24, 2.45) is 0 Å². The highest BCUT2D eigenvalue weighted by atomic mass is 79.9. The molecule has 3 nitrogen and oxygen atoms in total. The van der Waals surface area contributed by atoms with Crippen molar-refractivity contribution in [1.29, 1.82) is 0 Å². The van der Waals surface area contributed by atoms with E-state index < -0.39 is 0 Å². The molecule has 0 amide bonds. The lowest BCUT2D eigenvalue weighted by atomic mass is 10.0. The van der Waals surface area contributed by atoms with Crippen LogP contribution < -0.4 is 0 Å². The first-order chi connectivity index (χ1) is 12.2. The Morgan fingerprint density at radius 1 is 0.840 bits per heavy atom. The smallest absolute Gasteiger partial charge is 0.169 e. The Kier molecular flexibility index (Phi) is 3.15. The summed E-state index contributed by atoms with van der Waals surface area (Å²) in [5, 5.41) is 12.6. The minimum Gasteiger partial charge on any atom is -0.274 e. The summed E-state index contributed by atoms with van der Waals surface area (Å²) in [4.78, 5) is 0. The number of nitrogens with zero attached hydrogens (tertiary/aromatic N) is 3. The molecule has 0 N–H and O–H groups in total. The molecule has 0 saturated carbocycles. The summed E-state index contributed by atoms with van der Waals surface area (Å²) >= 11 is 3.62. The molecule has 0 fully saturated rings. The summed E-state index contributed by atoms with van der Waals surface area (Å²) in [5.41, 5.74) is 4.31. The van der Waals surface area contributed by atoms with Crippen LogP contribution in [-0.2, 0) is 0 Å². The van der Waals surface area contributed by atoms with Gasteiger partial charge in [-0.2, -0.15) is 0 Å². The van der Waals surface area contributed by atoms with Crippen molar-refractivity contribution in [2.75, 3.05) is 0 Å². The number of hydrogen-bond acceptors (Lipinski definition) is 2. The zero-order chi connectivity index (χ0) is 17.0. The zero-order valence-electron chi connectivity index (χ0n) is 13.6. The van der Waals surface area contributed by atoms with Gasteiger partial charge in [0.05, 0.1) is 5.52 Å². The van der Waals surface area contributed by atoms with Gasteiger partial charge in [-0.25, -0.2) is 0 Å². The molecule has 0 unspecified atom stereocenters. The molecule has 3 aromatic carbocycles. The molecule has 0 bridgehead atoms. The summed E-state index contributed by atoms with van der Waals surface area (Å²) in [6, 6.07) is 23.0. The van der Waals surface area contributed by atoms with E-state index in [-0.39, 0.29) is 0 Å². The summed E-state index contributed by atoms with van der Waals surface area (Å²) in [5.74, 6) is 0.867. The Balaban J connectivity index is 2.07. The molecule has 120 valence electrons. The molecule has 5 rings (SSSR count). The third-order valence-electron chi connectivity index (χ3n) is 4.68. The van der Waals surface area contributed by atoms with Gasteiger partial charge in [-0.3, -0.25) is 4.40 Å². The maximum Gasteiger partial charge on any atom is 0.169 e. The average molecular weight is 388 g/mol. The molecule has 0 aliphatic carbocycles. The Bertz CT molecular complexity index is 1260. The first kappa shape index (κ1) is 14.6. The second kappa shape index (κ2) is 5.39. The molecule has 0 saturated heterocycles. The molecule has 2 aromatic heterocycles. The first-order valence-electron chi connectivity index (χ1n) is 8.15.